The van der Waals surface area contributed by atoms with E-state index >= 15 is 0 Å². The predicted octanol–water partition coefficient (Wildman–Crippen LogP) is 3.92. The number of rotatable bonds is 5. The maximum absolute atomic E-state index is 13.9. The number of halogens is 3. The Bertz CT molecular complexity index is 1130. The zero-order valence-corrected chi connectivity index (χ0v) is 21.4. The van der Waals surface area contributed by atoms with E-state index in [2.05, 4.69) is 4.90 Å². The van der Waals surface area contributed by atoms with Crippen LogP contribution in [0.1, 0.15) is 39.8 Å². The van der Waals surface area contributed by atoms with Crippen molar-refractivity contribution in [1.82, 2.24) is 14.4 Å². The minimum absolute atomic E-state index is 0.130. The molecule has 2 amide bonds. The van der Waals surface area contributed by atoms with E-state index in [1.165, 1.54) is 6.07 Å². The number of ether oxygens (including phenoxy) is 2. The molecule has 2 aliphatic heterocycles. The Hall–Kier alpha value is -3.21. The van der Waals surface area contributed by atoms with Gasteiger partial charge in [-0.05, 0) is 38.5 Å². The molecular weight excluding hydrogens is 489 g/mol. The van der Waals surface area contributed by atoms with Crippen LogP contribution in [0.15, 0.2) is 24.3 Å². The fourth-order valence-corrected chi connectivity index (χ4v) is 5.09. The number of anilines is 1. The van der Waals surface area contributed by atoms with Crippen LogP contribution in [0.5, 0.6) is 0 Å². The lowest BCUT2D eigenvalue weighted by atomic mass is 10.1. The van der Waals surface area contributed by atoms with E-state index in [0.717, 1.165) is 29.1 Å². The largest absolute Gasteiger partial charge is 0.450 e. The number of nitrogens with zero attached hydrogens (tertiary/aromatic N) is 4. The molecule has 3 heterocycles. The molecule has 2 aromatic rings. The van der Waals surface area contributed by atoms with Gasteiger partial charge in [-0.2, -0.15) is 13.2 Å². The van der Waals surface area contributed by atoms with Crippen molar-refractivity contribution in [3.63, 3.8) is 0 Å². The molecule has 0 radical (unpaired) electrons. The molecule has 1 aromatic heterocycles. The standard InChI is InChI=1S/C26H33F3N4O4/c1-4-37-25(35)32-10-8-31(9-11-32)24(34)23-18(2)22(30-12-14-36-15-13-30)19(3)33(23)17-20-6-5-7-21(16-20)26(27,28)29/h5-7,16H,4,8-15,17H2,1-3H3. The second-order valence-electron chi connectivity index (χ2n) is 9.27. The van der Waals surface area contributed by atoms with Gasteiger partial charge in [0.25, 0.3) is 5.91 Å². The number of morpholine rings is 1. The van der Waals surface area contributed by atoms with Crippen LogP contribution in [0.25, 0.3) is 0 Å². The second kappa shape index (κ2) is 11.0. The Balaban J connectivity index is 1.67. The third kappa shape index (κ3) is 5.71. The SMILES string of the molecule is CCOC(=O)N1CCN(C(=O)c2c(C)c(N3CCOCC3)c(C)n2Cc2cccc(C(F)(F)F)c2)CC1. The van der Waals surface area contributed by atoms with Gasteiger partial charge in [-0.15, -0.1) is 0 Å². The second-order valence-corrected chi connectivity index (χ2v) is 9.27. The predicted molar refractivity (Wildman–Crippen MR) is 132 cm³/mol. The summed E-state index contributed by atoms with van der Waals surface area (Å²) >= 11 is 0. The van der Waals surface area contributed by atoms with Gasteiger partial charge in [-0.3, -0.25) is 4.79 Å². The number of carbonyl (C=O) groups is 2. The summed E-state index contributed by atoms with van der Waals surface area (Å²) in [6, 6.07) is 5.22. The summed E-state index contributed by atoms with van der Waals surface area (Å²) in [7, 11) is 0. The van der Waals surface area contributed by atoms with Crippen molar-refractivity contribution >= 4 is 17.7 Å². The first-order valence-corrected chi connectivity index (χ1v) is 12.5. The minimum atomic E-state index is -4.45. The van der Waals surface area contributed by atoms with Gasteiger partial charge in [0, 0.05) is 57.1 Å². The molecule has 8 nitrogen and oxygen atoms in total. The summed E-state index contributed by atoms with van der Waals surface area (Å²) < 4.78 is 52.5. The number of benzene rings is 1. The zero-order chi connectivity index (χ0) is 26.7. The van der Waals surface area contributed by atoms with Gasteiger partial charge in [0.1, 0.15) is 5.69 Å². The van der Waals surface area contributed by atoms with Crippen LogP contribution in [0.3, 0.4) is 0 Å². The van der Waals surface area contributed by atoms with Crippen molar-refractivity contribution in [2.75, 3.05) is 64.0 Å². The molecule has 2 aliphatic rings. The maximum Gasteiger partial charge on any atom is 0.416 e. The third-order valence-corrected chi connectivity index (χ3v) is 6.95. The molecular formula is C26H33F3N4O4. The summed E-state index contributed by atoms with van der Waals surface area (Å²) in [5.41, 5.74) is 2.74. The van der Waals surface area contributed by atoms with E-state index in [4.69, 9.17) is 9.47 Å². The van der Waals surface area contributed by atoms with Crippen LogP contribution in [-0.2, 0) is 22.2 Å². The number of alkyl halides is 3. The molecule has 37 heavy (non-hydrogen) atoms. The molecule has 2 fully saturated rings. The minimum Gasteiger partial charge on any atom is -0.450 e. The smallest absolute Gasteiger partial charge is 0.416 e. The number of piperazine rings is 1. The summed E-state index contributed by atoms with van der Waals surface area (Å²) in [5.74, 6) is -0.199. The van der Waals surface area contributed by atoms with Crippen molar-refractivity contribution in [1.29, 1.82) is 0 Å². The van der Waals surface area contributed by atoms with Crippen LogP contribution < -0.4 is 4.90 Å². The van der Waals surface area contributed by atoms with Crippen LogP contribution in [-0.4, -0.2) is 85.5 Å². The highest BCUT2D eigenvalue weighted by Crippen LogP contribution is 2.34. The molecule has 11 heteroatoms. The van der Waals surface area contributed by atoms with Crippen LogP contribution in [0.2, 0.25) is 0 Å². The first-order chi connectivity index (χ1) is 17.6. The molecule has 1 aromatic carbocycles. The highest BCUT2D eigenvalue weighted by atomic mass is 19.4. The first-order valence-electron chi connectivity index (χ1n) is 12.5. The van der Waals surface area contributed by atoms with Gasteiger partial charge < -0.3 is 28.7 Å². The molecule has 0 aliphatic carbocycles. The highest BCUT2D eigenvalue weighted by molar-refractivity contribution is 5.97. The van der Waals surface area contributed by atoms with Gasteiger partial charge >= 0.3 is 12.3 Å². The molecule has 0 spiro atoms. The van der Waals surface area contributed by atoms with E-state index in [1.54, 1.807) is 22.8 Å². The van der Waals surface area contributed by atoms with Crippen molar-refractivity contribution in [3.8, 4) is 0 Å². The van der Waals surface area contributed by atoms with E-state index in [1.807, 2.05) is 18.4 Å². The maximum atomic E-state index is 13.9. The monoisotopic (exact) mass is 522 g/mol. The molecule has 0 saturated carbocycles. The number of amides is 2. The number of carbonyl (C=O) groups excluding carboxylic acids is 2. The quantitative estimate of drug-likeness (QED) is 0.596. The van der Waals surface area contributed by atoms with E-state index in [-0.39, 0.29) is 19.1 Å². The van der Waals surface area contributed by atoms with E-state index < -0.39 is 17.8 Å². The Kier molecular flexibility index (Phi) is 8.01. The average molecular weight is 523 g/mol. The molecule has 202 valence electrons. The van der Waals surface area contributed by atoms with Gasteiger partial charge in [0.15, 0.2) is 0 Å². The lowest BCUT2D eigenvalue weighted by Crippen LogP contribution is -2.51. The molecule has 0 unspecified atom stereocenters. The molecule has 4 rings (SSSR count). The van der Waals surface area contributed by atoms with Crippen LogP contribution in [0.4, 0.5) is 23.7 Å². The lowest BCUT2D eigenvalue weighted by molar-refractivity contribution is -0.137. The summed E-state index contributed by atoms with van der Waals surface area (Å²) in [6.45, 7) is 9.82. The average Bonchev–Trinajstić information content (AvgIpc) is 3.12. The third-order valence-electron chi connectivity index (χ3n) is 6.95. The van der Waals surface area contributed by atoms with Crippen molar-refractivity contribution in [2.24, 2.45) is 0 Å². The van der Waals surface area contributed by atoms with Gasteiger partial charge in [0.2, 0.25) is 0 Å². The van der Waals surface area contributed by atoms with Gasteiger partial charge in [0.05, 0.1) is 31.1 Å². The number of hydrogen-bond acceptors (Lipinski definition) is 5. The number of aromatic nitrogens is 1. The molecule has 2 saturated heterocycles. The van der Waals surface area contributed by atoms with Gasteiger partial charge in [-0.1, -0.05) is 12.1 Å². The first kappa shape index (κ1) is 26.8. The van der Waals surface area contributed by atoms with E-state index in [0.29, 0.717) is 63.7 Å². The Morgan fingerprint density at radius 2 is 1.65 bits per heavy atom. The van der Waals surface area contributed by atoms with Crippen LogP contribution in [0, 0.1) is 13.8 Å². The summed E-state index contributed by atoms with van der Waals surface area (Å²) in [5, 5.41) is 0. The van der Waals surface area contributed by atoms with Crippen molar-refractivity contribution in [2.45, 2.75) is 33.5 Å². The summed E-state index contributed by atoms with van der Waals surface area (Å²) in [4.78, 5) is 31.4. The van der Waals surface area contributed by atoms with E-state index in [9.17, 15) is 22.8 Å². The van der Waals surface area contributed by atoms with Gasteiger partial charge in [-0.25, -0.2) is 4.79 Å². The Morgan fingerprint density at radius 3 is 2.27 bits per heavy atom. The fourth-order valence-electron chi connectivity index (χ4n) is 5.09. The lowest BCUT2D eigenvalue weighted by Gasteiger charge is -2.34. The molecule has 0 bridgehead atoms. The van der Waals surface area contributed by atoms with Crippen LogP contribution >= 0.6 is 0 Å². The Morgan fingerprint density at radius 1 is 1.00 bits per heavy atom. The summed E-state index contributed by atoms with van der Waals surface area (Å²) in [6.07, 6.45) is -4.85. The normalized spacial score (nSPS) is 16.8. The number of hydrogen-bond donors (Lipinski definition) is 0. The van der Waals surface area contributed by atoms with Crippen molar-refractivity contribution < 1.29 is 32.2 Å². The molecule has 0 N–H and O–H groups in total. The Labute approximate surface area is 214 Å². The fraction of sp³-hybridized carbons (Fsp3) is 0.538. The van der Waals surface area contributed by atoms with Crippen molar-refractivity contribution in [3.05, 3.63) is 52.3 Å². The topological polar surface area (TPSA) is 67.2 Å². The highest BCUT2D eigenvalue weighted by Gasteiger charge is 2.33. The zero-order valence-electron chi connectivity index (χ0n) is 21.4. The molecule has 0 atom stereocenters.